The lowest BCUT2D eigenvalue weighted by Crippen LogP contribution is -2.09. The van der Waals surface area contributed by atoms with Crippen LogP contribution in [0.3, 0.4) is 0 Å². The largest absolute Gasteiger partial charge is 0.389 e. The Kier molecular flexibility index (Phi) is 4.32. The lowest BCUT2D eigenvalue weighted by Gasteiger charge is -2.14. The van der Waals surface area contributed by atoms with E-state index in [9.17, 15) is 4.79 Å². The number of thiazole rings is 1. The number of aromatic nitrogens is 1. The number of rotatable bonds is 3. The Balaban J connectivity index is 2.55. The lowest BCUT2D eigenvalue weighted by molar-refractivity contribution is -0.115. The predicted octanol–water partition coefficient (Wildman–Crippen LogP) is 3.97. The Hall–Kier alpha value is -1.88. The summed E-state index contributed by atoms with van der Waals surface area (Å²) in [4.78, 5) is 16.0. The van der Waals surface area contributed by atoms with Gasteiger partial charge in [0, 0.05) is 12.0 Å². The molecular weight excluding hydrogens is 282 g/mol. The Morgan fingerprint density at radius 2 is 1.81 bits per heavy atom. The molecule has 2 aromatic rings. The standard InChI is InChI=1S/C16H21N3OS/c1-6-12(20)18-16-19-14(15(17)21-16)13-10(4)8(2)7-9(3)11(13)5/h7H,6,17H2,1-5H3,(H,18,19,20). The van der Waals surface area contributed by atoms with Crippen LogP contribution in [-0.2, 0) is 4.79 Å². The van der Waals surface area contributed by atoms with E-state index in [0.717, 1.165) is 11.3 Å². The quantitative estimate of drug-likeness (QED) is 0.901. The number of hydrogen-bond acceptors (Lipinski definition) is 4. The molecule has 0 spiro atoms. The lowest BCUT2D eigenvalue weighted by atomic mass is 9.92. The van der Waals surface area contributed by atoms with E-state index in [1.54, 1.807) is 0 Å². The molecule has 0 radical (unpaired) electrons. The number of amides is 1. The van der Waals surface area contributed by atoms with Crippen molar-refractivity contribution in [3.63, 3.8) is 0 Å². The zero-order valence-corrected chi connectivity index (χ0v) is 13.9. The third-order valence-electron chi connectivity index (χ3n) is 3.82. The SMILES string of the molecule is CCC(=O)Nc1nc(-c2c(C)c(C)cc(C)c2C)c(N)s1. The molecule has 0 unspecified atom stereocenters. The molecule has 3 N–H and O–H groups in total. The predicted molar refractivity (Wildman–Crippen MR) is 89.8 cm³/mol. The van der Waals surface area contributed by atoms with Gasteiger partial charge in [-0.05, 0) is 49.9 Å². The fourth-order valence-electron chi connectivity index (χ4n) is 2.34. The van der Waals surface area contributed by atoms with Gasteiger partial charge < -0.3 is 11.1 Å². The zero-order valence-electron chi connectivity index (χ0n) is 13.1. The first kappa shape index (κ1) is 15.5. The average Bonchev–Trinajstić information content (AvgIpc) is 2.77. The van der Waals surface area contributed by atoms with Crippen molar-refractivity contribution >= 4 is 27.4 Å². The van der Waals surface area contributed by atoms with E-state index in [2.05, 4.69) is 44.1 Å². The minimum absolute atomic E-state index is 0.0517. The number of nitrogens with one attached hydrogen (secondary N) is 1. The number of anilines is 2. The zero-order chi connectivity index (χ0) is 15.7. The van der Waals surface area contributed by atoms with Crippen LogP contribution >= 0.6 is 11.3 Å². The molecule has 0 aliphatic carbocycles. The van der Waals surface area contributed by atoms with Crippen LogP contribution < -0.4 is 11.1 Å². The first-order chi connectivity index (χ1) is 9.85. The van der Waals surface area contributed by atoms with Gasteiger partial charge in [-0.2, -0.15) is 0 Å². The van der Waals surface area contributed by atoms with Crippen molar-refractivity contribution in [3.05, 3.63) is 28.3 Å². The Labute approximate surface area is 129 Å². The Morgan fingerprint density at radius 3 is 2.33 bits per heavy atom. The van der Waals surface area contributed by atoms with Gasteiger partial charge in [-0.3, -0.25) is 4.79 Å². The second-order valence-electron chi connectivity index (χ2n) is 5.27. The average molecular weight is 303 g/mol. The van der Waals surface area contributed by atoms with Gasteiger partial charge in [-0.15, -0.1) is 0 Å². The van der Waals surface area contributed by atoms with E-state index >= 15 is 0 Å². The van der Waals surface area contributed by atoms with Crippen LogP contribution in [0.5, 0.6) is 0 Å². The van der Waals surface area contributed by atoms with Crippen molar-refractivity contribution in [3.8, 4) is 11.3 Å². The minimum Gasteiger partial charge on any atom is -0.389 e. The molecule has 1 aromatic carbocycles. The summed E-state index contributed by atoms with van der Waals surface area (Å²) >= 11 is 1.32. The second-order valence-corrected chi connectivity index (χ2v) is 6.30. The van der Waals surface area contributed by atoms with Crippen molar-refractivity contribution in [1.29, 1.82) is 0 Å². The first-order valence-corrected chi connectivity index (χ1v) is 7.80. The van der Waals surface area contributed by atoms with E-state index in [4.69, 9.17) is 5.73 Å². The summed E-state index contributed by atoms with van der Waals surface area (Å²) in [5, 5.41) is 3.98. The van der Waals surface area contributed by atoms with Crippen LogP contribution in [-0.4, -0.2) is 10.9 Å². The molecule has 0 aliphatic rings. The number of aryl methyl sites for hydroxylation is 2. The molecule has 0 saturated heterocycles. The van der Waals surface area contributed by atoms with Crippen LogP contribution in [0.1, 0.15) is 35.6 Å². The molecule has 1 amide bonds. The smallest absolute Gasteiger partial charge is 0.225 e. The summed E-state index contributed by atoms with van der Waals surface area (Å²) in [5.41, 5.74) is 12.8. The molecule has 0 aliphatic heterocycles. The van der Waals surface area contributed by atoms with Crippen molar-refractivity contribution in [2.45, 2.75) is 41.0 Å². The molecule has 112 valence electrons. The highest BCUT2D eigenvalue weighted by atomic mass is 32.1. The monoisotopic (exact) mass is 303 g/mol. The van der Waals surface area contributed by atoms with Crippen molar-refractivity contribution in [2.24, 2.45) is 0 Å². The fourth-order valence-corrected chi connectivity index (χ4v) is 3.10. The van der Waals surface area contributed by atoms with Gasteiger partial charge in [-0.25, -0.2) is 4.98 Å². The van der Waals surface area contributed by atoms with Crippen molar-refractivity contribution in [1.82, 2.24) is 4.98 Å². The maximum Gasteiger partial charge on any atom is 0.225 e. The van der Waals surface area contributed by atoms with Crippen LogP contribution in [0.15, 0.2) is 6.07 Å². The molecule has 2 rings (SSSR count). The molecule has 1 aromatic heterocycles. The van der Waals surface area contributed by atoms with E-state index in [1.165, 1.54) is 33.6 Å². The van der Waals surface area contributed by atoms with Gasteiger partial charge in [-0.1, -0.05) is 24.3 Å². The normalized spacial score (nSPS) is 10.7. The van der Waals surface area contributed by atoms with Crippen LogP contribution in [0.2, 0.25) is 0 Å². The second kappa shape index (κ2) is 5.85. The number of nitrogens with zero attached hydrogens (tertiary/aromatic N) is 1. The molecule has 0 bridgehead atoms. The maximum atomic E-state index is 11.5. The van der Waals surface area contributed by atoms with Gasteiger partial charge in [0.25, 0.3) is 0 Å². The summed E-state index contributed by atoms with van der Waals surface area (Å²) in [6, 6.07) is 2.18. The van der Waals surface area contributed by atoms with Gasteiger partial charge in [0.2, 0.25) is 5.91 Å². The van der Waals surface area contributed by atoms with Gasteiger partial charge in [0.1, 0.15) is 10.7 Å². The topological polar surface area (TPSA) is 68.0 Å². The number of carbonyl (C=O) groups is 1. The van der Waals surface area contributed by atoms with Crippen LogP contribution in [0, 0.1) is 27.7 Å². The van der Waals surface area contributed by atoms with Gasteiger partial charge in [0.05, 0.1) is 0 Å². The van der Waals surface area contributed by atoms with Crippen molar-refractivity contribution < 1.29 is 4.79 Å². The molecule has 4 nitrogen and oxygen atoms in total. The summed E-state index contributed by atoms with van der Waals surface area (Å²) in [7, 11) is 0. The van der Waals surface area contributed by atoms with E-state index in [1.807, 2.05) is 6.92 Å². The van der Waals surface area contributed by atoms with E-state index in [-0.39, 0.29) is 5.91 Å². The van der Waals surface area contributed by atoms with Gasteiger partial charge >= 0.3 is 0 Å². The number of carbonyl (C=O) groups excluding carboxylic acids is 1. The first-order valence-electron chi connectivity index (χ1n) is 6.99. The third-order valence-corrected chi connectivity index (χ3v) is 4.62. The minimum atomic E-state index is -0.0517. The van der Waals surface area contributed by atoms with E-state index in [0.29, 0.717) is 16.6 Å². The fraction of sp³-hybridized carbons (Fsp3) is 0.375. The number of benzene rings is 1. The molecule has 1 heterocycles. The van der Waals surface area contributed by atoms with Gasteiger partial charge in [0.15, 0.2) is 5.13 Å². The summed E-state index contributed by atoms with van der Waals surface area (Å²) in [5.74, 6) is -0.0517. The number of hydrogen-bond donors (Lipinski definition) is 2. The highest BCUT2D eigenvalue weighted by Crippen LogP contribution is 2.38. The summed E-state index contributed by atoms with van der Waals surface area (Å²) in [6.45, 7) is 10.2. The third kappa shape index (κ3) is 2.93. The van der Waals surface area contributed by atoms with E-state index < -0.39 is 0 Å². The highest BCUT2D eigenvalue weighted by molar-refractivity contribution is 7.20. The number of nitrogens with two attached hydrogens (primary N) is 1. The summed E-state index contributed by atoms with van der Waals surface area (Å²) < 4.78 is 0. The number of nitrogen functional groups attached to an aromatic ring is 1. The summed E-state index contributed by atoms with van der Waals surface area (Å²) in [6.07, 6.45) is 0.427. The molecule has 0 saturated carbocycles. The molecule has 5 heteroatoms. The maximum absolute atomic E-state index is 11.5. The highest BCUT2D eigenvalue weighted by Gasteiger charge is 2.18. The molecular formula is C16H21N3OS. The van der Waals surface area contributed by atoms with Crippen LogP contribution in [0.4, 0.5) is 10.1 Å². The van der Waals surface area contributed by atoms with Crippen molar-refractivity contribution in [2.75, 3.05) is 11.1 Å². The molecule has 21 heavy (non-hydrogen) atoms. The Morgan fingerprint density at radius 1 is 1.24 bits per heavy atom. The Bertz CT molecular complexity index is 678. The molecule has 0 fully saturated rings. The molecule has 0 atom stereocenters. The van der Waals surface area contributed by atoms with Crippen LogP contribution in [0.25, 0.3) is 11.3 Å².